The quantitative estimate of drug-likeness (QED) is 0.0779. The third-order valence-corrected chi connectivity index (χ3v) is 10.2. The normalized spacial score (nSPS) is 48.2. The smallest absolute Gasteiger partial charge is 0.338 e. The van der Waals surface area contributed by atoms with Gasteiger partial charge in [-0.2, -0.15) is 0 Å². The van der Waals surface area contributed by atoms with Gasteiger partial charge in [-0.05, 0) is 44.4 Å². The first-order valence-corrected chi connectivity index (χ1v) is 16.6. The minimum absolute atomic E-state index is 0.0702. The Bertz CT molecular complexity index is 1190. The van der Waals surface area contributed by atoms with Gasteiger partial charge in [-0.25, -0.2) is 4.79 Å². The molecule has 19 atom stereocenters. The molecule has 5 rings (SSSR count). The zero-order chi connectivity index (χ0) is 36.6. The summed E-state index contributed by atoms with van der Waals surface area (Å²) in [5, 5.41) is 113. The third-order valence-electron chi connectivity index (χ3n) is 10.2. The summed E-state index contributed by atoms with van der Waals surface area (Å²) in [6.07, 6.45) is -25.9. The molecule has 19 unspecified atom stereocenters. The predicted molar refractivity (Wildman–Crippen MR) is 155 cm³/mol. The number of aliphatic hydroxyl groups is 10. The molecule has 0 amide bonds. The summed E-state index contributed by atoms with van der Waals surface area (Å²) in [6, 6.07) is 0. The number of carbonyl (C=O) groups excluding carboxylic acids is 2. The molecule has 3 saturated heterocycles. The average Bonchev–Trinajstić information content (AvgIpc) is 3.05. The summed E-state index contributed by atoms with van der Waals surface area (Å²) in [4.78, 5) is 36.1. The summed E-state index contributed by atoms with van der Waals surface area (Å²) in [6.45, 7) is -0.857. The standard InChI is InChI=1S/C30H46O20/c31-10-4-13(33)11-6-16(25(46-15(11)5-10)9-1-2-12(32)14(34)3-9)47-30-24(42)22(40)26(17(48-30)8-45-19(37)7-18(35)36)49-29(44)27-21(39)20(38)23(41)28(43)50-27/h9-17,20-28,30-34,38-43H,1-8H2,(H,35,36). The number of fused-ring (bicyclic) bond motifs is 1. The number of hydrogen-bond acceptors (Lipinski definition) is 19. The van der Waals surface area contributed by atoms with E-state index in [1.54, 1.807) is 0 Å². The van der Waals surface area contributed by atoms with Crippen LogP contribution in [0, 0.1) is 11.8 Å². The Morgan fingerprint density at radius 3 is 2.10 bits per heavy atom. The number of ether oxygens (including phenoxy) is 6. The molecule has 0 bridgehead atoms. The first-order chi connectivity index (χ1) is 23.5. The number of hydrogen-bond donors (Lipinski definition) is 11. The van der Waals surface area contributed by atoms with Gasteiger partial charge in [-0.15, -0.1) is 0 Å². The van der Waals surface area contributed by atoms with Gasteiger partial charge in [0.25, 0.3) is 0 Å². The summed E-state index contributed by atoms with van der Waals surface area (Å²) < 4.78 is 33.5. The van der Waals surface area contributed by atoms with Crippen LogP contribution in [-0.2, 0) is 42.8 Å². The van der Waals surface area contributed by atoms with Crippen molar-refractivity contribution in [2.75, 3.05) is 6.61 Å². The highest BCUT2D eigenvalue weighted by Crippen LogP contribution is 2.43. The first-order valence-electron chi connectivity index (χ1n) is 16.6. The van der Waals surface area contributed by atoms with Crippen LogP contribution in [0.25, 0.3) is 0 Å². The van der Waals surface area contributed by atoms with Gasteiger partial charge in [0.2, 0.25) is 0 Å². The van der Waals surface area contributed by atoms with E-state index < -0.39 is 147 Å². The highest BCUT2D eigenvalue weighted by atomic mass is 16.7. The summed E-state index contributed by atoms with van der Waals surface area (Å²) in [7, 11) is 0. The van der Waals surface area contributed by atoms with Crippen LogP contribution in [-0.4, -0.2) is 185 Å². The SMILES string of the molecule is O=C(O)CC(=O)OCC1OC(OC2CC3C(O)CC(O)CC3OC2C2CCC(O)C(O)C2)C(O)C(O)C1OC(=O)C1OC(O)C(O)C(O)C1O. The van der Waals surface area contributed by atoms with Crippen LogP contribution in [0.2, 0.25) is 0 Å². The molecule has 0 aromatic heterocycles. The fourth-order valence-electron chi connectivity index (χ4n) is 7.48. The number of carboxylic acids is 1. The highest BCUT2D eigenvalue weighted by molar-refractivity contribution is 5.90. The van der Waals surface area contributed by atoms with Gasteiger partial charge in [0.1, 0.15) is 49.7 Å². The van der Waals surface area contributed by atoms with Crippen molar-refractivity contribution in [1.82, 2.24) is 0 Å². The molecule has 20 heteroatoms. The van der Waals surface area contributed by atoms with Crippen LogP contribution >= 0.6 is 0 Å². The minimum Gasteiger partial charge on any atom is -0.481 e. The maximum atomic E-state index is 13.0. The van der Waals surface area contributed by atoms with Crippen molar-refractivity contribution in [2.24, 2.45) is 11.8 Å². The summed E-state index contributed by atoms with van der Waals surface area (Å²) in [5.74, 6) is -5.19. The molecule has 11 N–H and O–H groups in total. The number of carboxylic acid groups (broad SMARTS) is 1. The molecule has 3 aliphatic heterocycles. The number of rotatable bonds is 9. The van der Waals surface area contributed by atoms with Crippen molar-refractivity contribution in [3.63, 3.8) is 0 Å². The monoisotopic (exact) mass is 726 g/mol. The van der Waals surface area contributed by atoms with Gasteiger partial charge in [-0.3, -0.25) is 9.59 Å². The van der Waals surface area contributed by atoms with E-state index in [2.05, 4.69) is 0 Å². The molecule has 50 heavy (non-hydrogen) atoms. The lowest BCUT2D eigenvalue weighted by molar-refractivity contribution is -0.336. The van der Waals surface area contributed by atoms with E-state index in [4.69, 9.17) is 33.5 Å². The maximum Gasteiger partial charge on any atom is 0.338 e. The second kappa shape index (κ2) is 16.3. The first kappa shape index (κ1) is 39.1. The Labute approximate surface area is 284 Å². The van der Waals surface area contributed by atoms with Crippen molar-refractivity contribution in [2.45, 2.75) is 149 Å². The van der Waals surface area contributed by atoms with E-state index in [-0.39, 0.29) is 32.1 Å². The molecule has 0 aromatic carbocycles. The van der Waals surface area contributed by atoms with E-state index in [1.165, 1.54) is 0 Å². The van der Waals surface area contributed by atoms with E-state index in [0.717, 1.165) is 0 Å². The average molecular weight is 727 g/mol. The number of esters is 2. The van der Waals surface area contributed by atoms with Crippen LogP contribution in [0.15, 0.2) is 0 Å². The second-order valence-corrected chi connectivity index (χ2v) is 13.7. The third kappa shape index (κ3) is 8.55. The van der Waals surface area contributed by atoms with Crippen molar-refractivity contribution in [1.29, 1.82) is 0 Å². The molecule has 2 aliphatic carbocycles. The molecule has 20 nitrogen and oxygen atoms in total. The Balaban J connectivity index is 1.36. The Morgan fingerprint density at radius 1 is 0.700 bits per heavy atom. The molecule has 0 radical (unpaired) electrons. The lowest BCUT2D eigenvalue weighted by Gasteiger charge is -2.51. The predicted octanol–water partition coefficient (Wildman–Crippen LogP) is -5.64. The van der Waals surface area contributed by atoms with Gasteiger partial charge >= 0.3 is 17.9 Å². The van der Waals surface area contributed by atoms with Gasteiger partial charge in [0.05, 0.1) is 42.7 Å². The van der Waals surface area contributed by atoms with Crippen molar-refractivity contribution in [3.05, 3.63) is 0 Å². The fraction of sp³-hybridized carbons (Fsp3) is 0.900. The molecule has 5 fully saturated rings. The minimum atomic E-state index is -2.13. The summed E-state index contributed by atoms with van der Waals surface area (Å²) in [5.41, 5.74) is 0. The van der Waals surface area contributed by atoms with E-state index in [9.17, 15) is 65.4 Å². The second-order valence-electron chi connectivity index (χ2n) is 13.7. The van der Waals surface area contributed by atoms with Crippen LogP contribution in [0.1, 0.15) is 44.9 Å². The zero-order valence-corrected chi connectivity index (χ0v) is 26.7. The molecule has 0 spiro atoms. The lowest BCUT2D eigenvalue weighted by Crippen LogP contribution is -2.64. The molecule has 0 aromatic rings. The Hall–Kier alpha value is -2.15. The fourth-order valence-corrected chi connectivity index (χ4v) is 7.48. The van der Waals surface area contributed by atoms with E-state index in [0.29, 0.717) is 6.42 Å². The molecule has 3 heterocycles. The summed E-state index contributed by atoms with van der Waals surface area (Å²) >= 11 is 0. The molecule has 286 valence electrons. The lowest BCUT2D eigenvalue weighted by atomic mass is 9.72. The Morgan fingerprint density at radius 2 is 1.42 bits per heavy atom. The van der Waals surface area contributed by atoms with E-state index in [1.807, 2.05) is 0 Å². The van der Waals surface area contributed by atoms with Gasteiger partial charge in [-0.1, -0.05) is 0 Å². The Kier molecular flexibility index (Phi) is 12.7. The van der Waals surface area contributed by atoms with Crippen LogP contribution in [0.5, 0.6) is 0 Å². The van der Waals surface area contributed by atoms with Gasteiger partial charge < -0.3 is 84.6 Å². The topological polar surface area (TPSA) is 329 Å². The van der Waals surface area contributed by atoms with Crippen LogP contribution in [0.4, 0.5) is 0 Å². The van der Waals surface area contributed by atoms with E-state index >= 15 is 0 Å². The molecule has 5 aliphatic rings. The van der Waals surface area contributed by atoms with Crippen molar-refractivity contribution >= 4 is 17.9 Å². The van der Waals surface area contributed by atoms with Gasteiger partial charge in [0.15, 0.2) is 24.8 Å². The zero-order valence-electron chi connectivity index (χ0n) is 26.7. The highest BCUT2D eigenvalue weighted by Gasteiger charge is 2.54. The number of aliphatic hydroxyl groups excluding tert-OH is 10. The molecular weight excluding hydrogens is 680 g/mol. The van der Waals surface area contributed by atoms with Crippen LogP contribution < -0.4 is 0 Å². The van der Waals surface area contributed by atoms with Crippen molar-refractivity contribution in [3.8, 4) is 0 Å². The molecular formula is C30H46O20. The largest absolute Gasteiger partial charge is 0.481 e. The molecule has 2 saturated carbocycles. The van der Waals surface area contributed by atoms with Crippen LogP contribution in [0.3, 0.4) is 0 Å². The van der Waals surface area contributed by atoms with Gasteiger partial charge in [0, 0.05) is 5.92 Å². The number of carbonyl (C=O) groups is 3. The number of aliphatic carboxylic acids is 1. The van der Waals surface area contributed by atoms with Crippen molar-refractivity contribution < 1.29 is 99.0 Å². The maximum absolute atomic E-state index is 13.0.